The molecule has 0 amide bonds. The molecule has 0 saturated carbocycles. The molecule has 1 aliphatic rings. The van der Waals surface area contributed by atoms with E-state index < -0.39 is 5.97 Å². The van der Waals surface area contributed by atoms with E-state index >= 15 is 0 Å². The van der Waals surface area contributed by atoms with Crippen LogP contribution in [0.5, 0.6) is 5.75 Å². The van der Waals surface area contributed by atoms with Gasteiger partial charge in [-0.3, -0.25) is 0 Å². The molecule has 1 heterocycles. The second kappa shape index (κ2) is 3.58. The number of carboxylic acids is 1. The molecule has 2 N–H and O–H groups in total. The second-order valence-corrected chi connectivity index (χ2v) is 4.30. The topological polar surface area (TPSA) is 69.9 Å². The molecular formula is C10H9NO3S. The summed E-state index contributed by atoms with van der Waals surface area (Å²) in [6, 6.07) is 3.47. The molecule has 78 valence electrons. The molecule has 4 nitrogen and oxygen atoms in total. The number of carboxylic acid groups (broad SMARTS) is 1. The lowest BCUT2D eigenvalue weighted by Crippen LogP contribution is -2.17. The number of phenols is 1. The van der Waals surface area contributed by atoms with Crippen LogP contribution in [-0.2, 0) is 4.79 Å². The standard InChI is InChI=1S/C10H9NO3S/c1-5-2-7(12)9-8(3-5)15-4-6(11-9)10(13)14/h2-3,12H,4H2,1H3,(H,13,14). The maximum Gasteiger partial charge on any atom is 0.351 e. The number of carbonyl (C=O) groups is 1. The summed E-state index contributed by atoms with van der Waals surface area (Å²) in [4.78, 5) is 15.5. The van der Waals surface area contributed by atoms with E-state index in [1.807, 2.05) is 13.0 Å². The molecule has 1 aromatic carbocycles. The minimum Gasteiger partial charge on any atom is -0.506 e. The largest absolute Gasteiger partial charge is 0.506 e. The molecule has 0 saturated heterocycles. The summed E-state index contributed by atoms with van der Waals surface area (Å²) in [5.74, 6) is -0.658. The first-order valence-corrected chi connectivity index (χ1v) is 5.34. The van der Waals surface area contributed by atoms with Gasteiger partial charge in [0.25, 0.3) is 0 Å². The normalized spacial score (nSPS) is 14.3. The minimum atomic E-state index is -1.03. The molecule has 5 heteroatoms. The van der Waals surface area contributed by atoms with E-state index in [0.717, 1.165) is 10.5 Å². The minimum absolute atomic E-state index is 0.0379. The van der Waals surface area contributed by atoms with E-state index in [1.165, 1.54) is 11.8 Å². The van der Waals surface area contributed by atoms with Crippen LogP contribution in [-0.4, -0.2) is 27.6 Å². The third-order valence-corrected chi connectivity index (χ3v) is 3.10. The van der Waals surface area contributed by atoms with E-state index in [4.69, 9.17) is 5.11 Å². The molecule has 0 atom stereocenters. The van der Waals surface area contributed by atoms with Crippen LogP contribution in [0.25, 0.3) is 0 Å². The van der Waals surface area contributed by atoms with Crippen LogP contribution in [0, 0.1) is 6.92 Å². The number of aryl methyl sites for hydroxylation is 1. The Morgan fingerprint density at radius 3 is 2.93 bits per heavy atom. The van der Waals surface area contributed by atoms with E-state index in [9.17, 15) is 9.90 Å². The highest BCUT2D eigenvalue weighted by Gasteiger charge is 2.20. The Kier molecular flexibility index (Phi) is 2.40. The van der Waals surface area contributed by atoms with Gasteiger partial charge < -0.3 is 10.2 Å². The highest BCUT2D eigenvalue weighted by Crippen LogP contribution is 2.41. The fraction of sp³-hybridized carbons (Fsp3) is 0.200. The second-order valence-electron chi connectivity index (χ2n) is 3.28. The van der Waals surface area contributed by atoms with E-state index in [1.54, 1.807) is 6.07 Å². The van der Waals surface area contributed by atoms with Crippen molar-refractivity contribution in [3.63, 3.8) is 0 Å². The van der Waals surface area contributed by atoms with E-state index in [0.29, 0.717) is 11.4 Å². The van der Waals surface area contributed by atoms with E-state index in [2.05, 4.69) is 4.99 Å². The number of benzene rings is 1. The molecule has 2 rings (SSSR count). The lowest BCUT2D eigenvalue weighted by molar-refractivity contribution is -0.129. The summed E-state index contributed by atoms with van der Waals surface area (Å²) in [6.07, 6.45) is 0. The van der Waals surface area contributed by atoms with Crippen molar-refractivity contribution in [2.45, 2.75) is 11.8 Å². The van der Waals surface area contributed by atoms with E-state index in [-0.39, 0.29) is 11.5 Å². The maximum absolute atomic E-state index is 10.7. The first-order valence-electron chi connectivity index (χ1n) is 4.35. The van der Waals surface area contributed by atoms with Gasteiger partial charge >= 0.3 is 5.97 Å². The molecule has 1 aromatic rings. The van der Waals surface area contributed by atoms with Crippen LogP contribution < -0.4 is 0 Å². The molecule has 0 aromatic heterocycles. The van der Waals surface area contributed by atoms with Crippen molar-refractivity contribution in [2.75, 3.05) is 5.75 Å². The number of aliphatic carboxylic acids is 1. The Bertz CT molecular complexity index is 468. The first-order chi connectivity index (χ1) is 7.08. The van der Waals surface area contributed by atoms with Gasteiger partial charge in [0.2, 0.25) is 0 Å². The molecule has 0 radical (unpaired) electrons. The summed E-state index contributed by atoms with van der Waals surface area (Å²) in [5, 5.41) is 18.4. The Morgan fingerprint density at radius 2 is 2.27 bits per heavy atom. The van der Waals surface area contributed by atoms with Crippen molar-refractivity contribution < 1.29 is 15.0 Å². The Morgan fingerprint density at radius 1 is 1.53 bits per heavy atom. The first kappa shape index (κ1) is 10.0. The van der Waals surface area contributed by atoms with Crippen molar-refractivity contribution in [1.82, 2.24) is 0 Å². The smallest absolute Gasteiger partial charge is 0.351 e. The number of rotatable bonds is 1. The van der Waals surface area contributed by atoms with Crippen LogP contribution in [0.1, 0.15) is 5.56 Å². The molecule has 0 fully saturated rings. The number of nitrogens with zero attached hydrogens (tertiary/aromatic N) is 1. The number of aromatic hydroxyl groups is 1. The van der Waals surface area contributed by atoms with Crippen LogP contribution in [0.15, 0.2) is 22.0 Å². The number of fused-ring (bicyclic) bond motifs is 1. The van der Waals surface area contributed by atoms with Crippen LogP contribution in [0.4, 0.5) is 5.69 Å². The molecule has 0 spiro atoms. The average Bonchev–Trinajstić information content (AvgIpc) is 2.16. The maximum atomic E-state index is 10.7. The van der Waals surface area contributed by atoms with Crippen molar-refractivity contribution in [2.24, 2.45) is 4.99 Å². The van der Waals surface area contributed by atoms with Gasteiger partial charge in [-0.1, -0.05) is 0 Å². The average molecular weight is 223 g/mol. The zero-order chi connectivity index (χ0) is 11.0. The van der Waals surface area contributed by atoms with Gasteiger partial charge in [-0.2, -0.15) is 0 Å². The van der Waals surface area contributed by atoms with Gasteiger partial charge in [-0.05, 0) is 24.6 Å². The van der Waals surface area contributed by atoms with Crippen molar-refractivity contribution in [1.29, 1.82) is 0 Å². The summed E-state index contributed by atoms with van der Waals surface area (Å²) in [6.45, 7) is 1.87. The third kappa shape index (κ3) is 1.83. The quantitative estimate of drug-likeness (QED) is 0.763. The van der Waals surface area contributed by atoms with Gasteiger partial charge in [0.05, 0.1) is 0 Å². The van der Waals surface area contributed by atoms with Crippen LogP contribution >= 0.6 is 11.8 Å². The number of phenolic OH excluding ortho intramolecular Hbond substituents is 1. The van der Waals surface area contributed by atoms with Gasteiger partial charge in [0, 0.05) is 10.6 Å². The molecule has 1 aliphatic heterocycles. The number of aliphatic imine (C=N–C) groups is 1. The lowest BCUT2D eigenvalue weighted by atomic mass is 10.2. The monoisotopic (exact) mass is 223 g/mol. The Hall–Kier alpha value is -1.49. The summed E-state index contributed by atoms with van der Waals surface area (Å²) in [7, 11) is 0. The fourth-order valence-electron chi connectivity index (χ4n) is 1.37. The summed E-state index contributed by atoms with van der Waals surface area (Å²) >= 11 is 1.38. The molecule has 0 aliphatic carbocycles. The highest BCUT2D eigenvalue weighted by molar-refractivity contribution is 8.00. The summed E-state index contributed by atoms with van der Waals surface area (Å²) in [5.41, 5.74) is 1.38. The third-order valence-electron chi connectivity index (χ3n) is 2.06. The zero-order valence-electron chi connectivity index (χ0n) is 8.02. The predicted molar refractivity (Wildman–Crippen MR) is 58.3 cm³/mol. The number of hydrogen-bond acceptors (Lipinski definition) is 4. The fourth-order valence-corrected chi connectivity index (χ4v) is 2.41. The summed E-state index contributed by atoms with van der Waals surface area (Å²) < 4.78 is 0. The predicted octanol–water partition coefficient (Wildman–Crippen LogP) is 1.96. The number of hydrogen-bond donors (Lipinski definition) is 2. The van der Waals surface area contributed by atoms with Crippen molar-refractivity contribution in [3.05, 3.63) is 17.7 Å². The Balaban J connectivity index is 2.55. The van der Waals surface area contributed by atoms with Crippen molar-refractivity contribution in [3.8, 4) is 5.75 Å². The van der Waals surface area contributed by atoms with Gasteiger partial charge in [-0.25, -0.2) is 9.79 Å². The molecular weight excluding hydrogens is 214 g/mol. The molecule has 0 bridgehead atoms. The van der Waals surface area contributed by atoms with Gasteiger partial charge in [0.15, 0.2) is 0 Å². The van der Waals surface area contributed by atoms with Crippen molar-refractivity contribution >= 4 is 29.1 Å². The Labute approximate surface area is 90.7 Å². The zero-order valence-corrected chi connectivity index (χ0v) is 8.84. The molecule has 0 unspecified atom stereocenters. The van der Waals surface area contributed by atoms with Crippen LogP contribution in [0.3, 0.4) is 0 Å². The number of thioether (sulfide) groups is 1. The lowest BCUT2D eigenvalue weighted by Gasteiger charge is -2.14. The SMILES string of the molecule is Cc1cc(O)c2c(c1)SCC(C(=O)O)=N2. The molecule has 15 heavy (non-hydrogen) atoms. The van der Waals surface area contributed by atoms with Gasteiger partial charge in [-0.15, -0.1) is 11.8 Å². The highest BCUT2D eigenvalue weighted by atomic mass is 32.2. The van der Waals surface area contributed by atoms with Crippen LogP contribution in [0.2, 0.25) is 0 Å². The van der Waals surface area contributed by atoms with Gasteiger partial charge in [0.1, 0.15) is 17.1 Å².